The van der Waals surface area contributed by atoms with Crippen LogP contribution in [0.25, 0.3) is 11.1 Å². The summed E-state index contributed by atoms with van der Waals surface area (Å²) in [7, 11) is 0. The highest BCUT2D eigenvalue weighted by molar-refractivity contribution is 14.1. The van der Waals surface area contributed by atoms with Gasteiger partial charge in [-0.25, -0.2) is 0 Å². The molecule has 0 nitrogen and oxygen atoms in total. The van der Waals surface area contributed by atoms with E-state index >= 15 is 0 Å². The molecule has 0 unspecified atom stereocenters. The van der Waals surface area contributed by atoms with E-state index in [4.69, 9.17) is 0 Å². The number of hydrogen-bond acceptors (Lipinski definition) is 0. The second kappa shape index (κ2) is 6.92. The van der Waals surface area contributed by atoms with E-state index in [1.54, 1.807) is 0 Å². The standard InChI is InChI=1S/C19H14I2/c20-18-9-3-15(4-10-18)13-14-1-5-16(6-2-14)17-7-11-19(21)12-8-17/h1-12H,13H2. The highest BCUT2D eigenvalue weighted by atomic mass is 127. The summed E-state index contributed by atoms with van der Waals surface area (Å²) in [5.74, 6) is 0. The number of benzene rings is 3. The van der Waals surface area contributed by atoms with Gasteiger partial charge >= 0.3 is 0 Å². The molecule has 0 aliphatic rings. The SMILES string of the molecule is Ic1ccc(Cc2ccc(-c3ccc(I)cc3)cc2)cc1. The van der Waals surface area contributed by atoms with Gasteiger partial charge in [0.1, 0.15) is 0 Å². The molecular weight excluding hydrogens is 482 g/mol. The maximum Gasteiger partial charge on any atom is 0.0130 e. The lowest BCUT2D eigenvalue weighted by Crippen LogP contribution is -1.88. The van der Waals surface area contributed by atoms with Crippen LogP contribution in [0.4, 0.5) is 0 Å². The molecule has 0 spiro atoms. The summed E-state index contributed by atoms with van der Waals surface area (Å²) >= 11 is 4.68. The Hall–Kier alpha value is -0.880. The Labute approximate surface area is 152 Å². The molecular formula is C19H14I2. The van der Waals surface area contributed by atoms with Gasteiger partial charge in [-0.05, 0) is 98.1 Å². The van der Waals surface area contributed by atoms with Crippen molar-refractivity contribution in [1.29, 1.82) is 0 Å². The fourth-order valence-corrected chi connectivity index (χ4v) is 3.01. The van der Waals surface area contributed by atoms with Crippen molar-refractivity contribution in [1.82, 2.24) is 0 Å². The minimum Gasteiger partial charge on any atom is -0.0581 e. The Bertz CT molecular complexity index is 711. The number of halogens is 2. The van der Waals surface area contributed by atoms with Gasteiger partial charge in [-0.1, -0.05) is 48.5 Å². The van der Waals surface area contributed by atoms with E-state index in [1.165, 1.54) is 29.4 Å². The Kier molecular flexibility index (Phi) is 4.95. The van der Waals surface area contributed by atoms with E-state index in [9.17, 15) is 0 Å². The molecule has 0 aliphatic carbocycles. The zero-order valence-corrected chi connectivity index (χ0v) is 15.7. The van der Waals surface area contributed by atoms with E-state index in [1.807, 2.05) is 0 Å². The Morgan fingerprint density at radius 3 is 1.29 bits per heavy atom. The van der Waals surface area contributed by atoms with Gasteiger partial charge in [-0.2, -0.15) is 0 Å². The van der Waals surface area contributed by atoms with Crippen LogP contribution < -0.4 is 0 Å². The number of hydrogen-bond donors (Lipinski definition) is 0. The first-order valence-electron chi connectivity index (χ1n) is 6.80. The first kappa shape index (κ1) is 15.0. The van der Waals surface area contributed by atoms with Crippen LogP contribution in [-0.4, -0.2) is 0 Å². The third-order valence-electron chi connectivity index (χ3n) is 3.45. The zero-order valence-electron chi connectivity index (χ0n) is 11.4. The second-order valence-corrected chi connectivity index (χ2v) is 7.50. The monoisotopic (exact) mass is 496 g/mol. The van der Waals surface area contributed by atoms with Gasteiger partial charge in [0.05, 0.1) is 0 Å². The van der Waals surface area contributed by atoms with E-state index in [2.05, 4.69) is 118 Å². The summed E-state index contributed by atoms with van der Waals surface area (Å²) in [5.41, 5.74) is 5.26. The van der Waals surface area contributed by atoms with Gasteiger partial charge in [0.2, 0.25) is 0 Å². The molecule has 0 saturated heterocycles. The predicted octanol–water partition coefficient (Wildman–Crippen LogP) is 6.15. The van der Waals surface area contributed by atoms with Crippen molar-refractivity contribution < 1.29 is 0 Å². The average molecular weight is 496 g/mol. The highest BCUT2D eigenvalue weighted by Gasteiger charge is 2.00. The highest BCUT2D eigenvalue weighted by Crippen LogP contribution is 2.22. The van der Waals surface area contributed by atoms with E-state index in [0.717, 1.165) is 6.42 Å². The van der Waals surface area contributed by atoms with Crippen molar-refractivity contribution in [3.63, 3.8) is 0 Å². The number of rotatable bonds is 3. The summed E-state index contributed by atoms with van der Waals surface area (Å²) in [5, 5.41) is 0. The molecule has 0 fully saturated rings. The van der Waals surface area contributed by atoms with Crippen LogP contribution in [0.2, 0.25) is 0 Å². The van der Waals surface area contributed by atoms with Crippen molar-refractivity contribution in [2.45, 2.75) is 6.42 Å². The molecule has 2 heteroatoms. The van der Waals surface area contributed by atoms with Gasteiger partial charge in [-0.3, -0.25) is 0 Å². The Morgan fingerprint density at radius 2 is 0.810 bits per heavy atom. The molecule has 0 N–H and O–H groups in total. The molecule has 3 rings (SSSR count). The summed E-state index contributed by atoms with van der Waals surface area (Å²) < 4.78 is 2.55. The maximum absolute atomic E-state index is 2.34. The summed E-state index contributed by atoms with van der Waals surface area (Å²) in [4.78, 5) is 0. The second-order valence-electron chi connectivity index (χ2n) is 5.01. The van der Waals surface area contributed by atoms with E-state index in [-0.39, 0.29) is 0 Å². The fourth-order valence-electron chi connectivity index (χ4n) is 2.30. The van der Waals surface area contributed by atoms with Crippen molar-refractivity contribution in [3.05, 3.63) is 91.1 Å². The lowest BCUT2D eigenvalue weighted by Gasteiger charge is -2.05. The molecule has 104 valence electrons. The topological polar surface area (TPSA) is 0 Å². The van der Waals surface area contributed by atoms with Crippen molar-refractivity contribution in [2.75, 3.05) is 0 Å². The first-order valence-corrected chi connectivity index (χ1v) is 8.96. The van der Waals surface area contributed by atoms with Crippen LogP contribution in [0.5, 0.6) is 0 Å². The fraction of sp³-hybridized carbons (Fsp3) is 0.0526. The third kappa shape index (κ3) is 4.07. The molecule has 0 aromatic heterocycles. The lowest BCUT2D eigenvalue weighted by molar-refractivity contribution is 1.19. The van der Waals surface area contributed by atoms with E-state index < -0.39 is 0 Å². The molecule has 0 atom stereocenters. The zero-order chi connectivity index (χ0) is 14.7. The van der Waals surface area contributed by atoms with Crippen LogP contribution in [-0.2, 0) is 6.42 Å². The van der Waals surface area contributed by atoms with Crippen molar-refractivity contribution in [2.24, 2.45) is 0 Å². The molecule has 0 heterocycles. The van der Waals surface area contributed by atoms with Gasteiger partial charge in [0.15, 0.2) is 0 Å². The third-order valence-corrected chi connectivity index (χ3v) is 4.89. The van der Waals surface area contributed by atoms with Crippen LogP contribution >= 0.6 is 45.2 Å². The molecule has 0 radical (unpaired) electrons. The molecule has 0 bridgehead atoms. The maximum atomic E-state index is 2.34. The van der Waals surface area contributed by atoms with Crippen molar-refractivity contribution in [3.8, 4) is 11.1 Å². The molecule has 0 saturated carbocycles. The van der Waals surface area contributed by atoms with Crippen LogP contribution in [0.1, 0.15) is 11.1 Å². The average Bonchev–Trinajstić information content (AvgIpc) is 2.51. The Balaban J connectivity index is 1.77. The largest absolute Gasteiger partial charge is 0.0581 e. The van der Waals surface area contributed by atoms with Gasteiger partial charge in [0, 0.05) is 7.14 Å². The van der Waals surface area contributed by atoms with Crippen molar-refractivity contribution >= 4 is 45.2 Å². The summed E-state index contributed by atoms with van der Waals surface area (Å²) in [6.07, 6.45) is 0.990. The van der Waals surface area contributed by atoms with Crippen LogP contribution in [0.3, 0.4) is 0 Å². The van der Waals surface area contributed by atoms with Crippen LogP contribution in [0.15, 0.2) is 72.8 Å². The van der Waals surface area contributed by atoms with Crippen LogP contribution in [0, 0.1) is 7.14 Å². The normalized spacial score (nSPS) is 10.6. The molecule has 0 amide bonds. The molecule has 3 aromatic carbocycles. The summed E-state index contributed by atoms with van der Waals surface area (Å²) in [6, 6.07) is 26.3. The molecule has 21 heavy (non-hydrogen) atoms. The summed E-state index contributed by atoms with van der Waals surface area (Å²) in [6.45, 7) is 0. The lowest BCUT2D eigenvalue weighted by atomic mass is 10.0. The molecule has 0 aliphatic heterocycles. The van der Waals surface area contributed by atoms with E-state index in [0.29, 0.717) is 0 Å². The first-order chi connectivity index (χ1) is 10.2. The van der Waals surface area contributed by atoms with Gasteiger partial charge < -0.3 is 0 Å². The van der Waals surface area contributed by atoms with Gasteiger partial charge in [-0.15, -0.1) is 0 Å². The smallest absolute Gasteiger partial charge is 0.0130 e. The quantitative estimate of drug-likeness (QED) is 0.382. The minimum absolute atomic E-state index is 0.990. The van der Waals surface area contributed by atoms with Gasteiger partial charge in [0.25, 0.3) is 0 Å². The molecule has 3 aromatic rings. The predicted molar refractivity (Wildman–Crippen MR) is 107 cm³/mol. The minimum atomic E-state index is 0.990. The Morgan fingerprint density at radius 1 is 0.476 bits per heavy atom.